The van der Waals surface area contributed by atoms with Crippen LogP contribution in [0.15, 0.2) is 31.0 Å². The fourth-order valence-electron chi connectivity index (χ4n) is 0.791. The van der Waals surface area contributed by atoms with Crippen LogP contribution < -0.4 is 4.74 Å². The standard InChI is InChI=1S/C9H9ClO/c1-3-11-9-6-7(2)4-5-8(9)10/h3-6H,1H2,2H3. The smallest absolute Gasteiger partial charge is 0.145 e. The molecule has 0 aromatic heterocycles. The van der Waals surface area contributed by atoms with E-state index in [0.29, 0.717) is 10.8 Å². The Morgan fingerprint density at radius 1 is 1.55 bits per heavy atom. The van der Waals surface area contributed by atoms with Crippen molar-refractivity contribution in [2.75, 3.05) is 0 Å². The summed E-state index contributed by atoms with van der Waals surface area (Å²) in [5.74, 6) is 0.654. The first-order chi connectivity index (χ1) is 5.24. The fraction of sp³-hybridized carbons (Fsp3) is 0.111. The average Bonchev–Trinajstić information content (AvgIpc) is 1.98. The highest BCUT2D eigenvalue weighted by atomic mass is 35.5. The lowest BCUT2D eigenvalue weighted by atomic mass is 10.2. The molecule has 1 rings (SSSR count). The van der Waals surface area contributed by atoms with Gasteiger partial charge in [-0.1, -0.05) is 24.2 Å². The Hall–Kier alpha value is -0.950. The SMILES string of the molecule is C=COc1cc(C)ccc1Cl. The van der Waals surface area contributed by atoms with E-state index < -0.39 is 0 Å². The van der Waals surface area contributed by atoms with E-state index >= 15 is 0 Å². The van der Waals surface area contributed by atoms with Crippen molar-refractivity contribution in [3.8, 4) is 5.75 Å². The minimum Gasteiger partial charge on any atom is -0.464 e. The quantitative estimate of drug-likeness (QED) is 0.617. The van der Waals surface area contributed by atoms with Gasteiger partial charge in [0, 0.05) is 0 Å². The average molecular weight is 169 g/mol. The second-order valence-electron chi connectivity index (χ2n) is 2.22. The molecule has 11 heavy (non-hydrogen) atoms. The highest BCUT2D eigenvalue weighted by molar-refractivity contribution is 6.32. The van der Waals surface area contributed by atoms with E-state index in [0.717, 1.165) is 5.56 Å². The van der Waals surface area contributed by atoms with E-state index in [9.17, 15) is 0 Å². The summed E-state index contributed by atoms with van der Waals surface area (Å²) >= 11 is 5.80. The van der Waals surface area contributed by atoms with Gasteiger partial charge in [-0.3, -0.25) is 0 Å². The van der Waals surface area contributed by atoms with Gasteiger partial charge in [-0.15, -0.1) is 0 Å². The Bertz CT molecular complexity index is 268. The number of ether oxygens (including phenoxy) is 1. The third-order valence-corrected chi connectivity index (χ3v) is 1.61. The third-order valence-electron chi connectivity index (χ3n) is 1.30. The van der Waals surface area contributed by atoms with Crippen molar-refractivity contribution in [1.82, 2.24) is 0 Å². The van der Waals surface area contributed by atoms with Crippen molar-refractivity contribution in [3.63, 3.8) is 0 Å². The molecule has 0 aliphatic carbocycles. The van der Waals surface area contributed by atoms with Crippen molar-refractivity contribution >= 4 is 11.6 Å². The van der Waals surface area contributed by atoms with E-state index in [1.807, 2.05) is 19.1 Å². The van der Waals surface area contributed by atoms with Gasteiger partial charge in [0.2, 0.25) is 0 Å². The topological polar surface area (TPSA) is 9.23 Å². The summed E-state index contributed by atoms with van der Waals surface area (Å²) in [5.41, 5.74) is 1.12. The van der Waals surface area contributed by atoms with E-state index in [1.54, 1.807) is 6.07 Å². The Morgan fingerprint density at radius 2 is 2.27 bits per heavy atom. The summed E-state index contributed by atoms with van der Waals surface area (Å²) in [6.07, 6.45) is 1.36. The van der Waals surface area contributed by atoms with E-state index in [1.165, 1.54) is 6.26 Å². The van der Waals surface area contributed by atoms with Crippen molar-refractivity contribution in [3.05, 3.63) is 41.6 Å². The molecule has 1 aromatic rings. The monoisotopic (exact) mass is 168 g/mol. The molecule has 0 heterocycles. The molecule has 0 amide bonds. The maximum Gasteiger partial charge on any atom is 0.145 e. The van der Waals surface area contributed by atoms with Gasteiger partial charge in [-0.05, 0) is 24.6 Å². The van der Waals surface area contributed by atoms with Gasteiger partial charge in [0.25, 0.3) is 0 Å². The molecular formula is C9H9ClO. The van der Waals surface area contributed by atoms with E-state index in [2.05, 4.69) is 6.58 Å². The zero-order chi connectivity index (χ0) is 8.27. The van der Waals surface area contributed by atoms with Crippen molar-refractivity contribution in [2.24, 2.45) is 0 Å². The van der Waals surface area contributed by atoms with Gasteiger partial charge < -0.3 is 4.74 Å². The largest absolute Gasteiger partial charge is 0.464 e. The first-order valence-electron chi connectivity index (χ1n) is 3.28. The molecule has 0 bridgehead atoms. The minimum atomic E-state index is 0.607. The molecule has 0 atom stereocenters. The predicted octanol–water partition coefficient (Wildman–Crippen LogP) is 3.17. The van der Waals surface area contributed by atoms with Crippen LogP contribution in [0.3, 0.4) is 0 Å². The molecule has 0 aliphatic rings. The number of rotatable bonds is 2. The van der Waals surface area contributed by atoms with Gasteiger partial charge in [0.05, 0.1) is 11.3 Å². The molecule has 1 nitrogen and oxygen atoms in total. The number of aryl methyl sites for hydroxylation is 1. The summed E-state index contributed by atoms with van der Waals surface area (Å²) in [7, 11) is 0. The maximum absolute atomic E-state index is 5.80. The van der Waals surface area contributed by atoms with Gasteiger partial charge in [0.15, 0.2) is 0 Å². The first kappa shape index (κ1) is 8.15. The predicted molar refractivity (Wildman–Crippen MR) is 47.0 cm³/mol. The first-order valence-corrected chi connectivity index (χ1v) is 3.65. The van der Waals surface area contributed by atoms with Gasteiger partial charge in [-0.2, -0.15) is 0 Å². The highest BCUT2D eigenvalue weighted by Crippen LogP contribution is 2.24. The number of hydrogen-bond acceptors (Lipinski definition) is 1. The van der Waals surface area contributed by atoms with Crippen LogP contribution in [0.1, 0.15) is 5.56 Å². The number of benzene rings is 1. The number of hydrogen-bond donors (Lipinski definition) is 0. The number of halogens is 1. The molecule has 0 spiro atoms. The van der Waals surface area contributed by atoms with E-state index in [4.69, 9.17) is 16.3 Å². The molecule has 1 aromatic carbocycles. The lowest BCUT2D eigenvalue weighted by molar-refractivity contribution is 0.483. The Balaban J connectivity index is 3.01. The van der Waals surface area contributed by atoms with Gasteiger partial charge >= 0.3 is 0 Å². The van der Waals surface area contributed by atoms with Gasteiger partial charge in [0.1, 0.15) is 5.75 Å². The Morgan fingerprint density at radius 3 is 2.91 bits per heavy atom. The van der Waals surface area contributed by atoms with Gasteiger partial charge in [-0.25, -0.2) is 0 Å². The molecule has 0 N–H and O–H groups in total. The Kier molecular flexibility index (Phi) is 2.55. The zero-order valence-electron chi connectivity index (χ0n) is 6.30. The Labute approximate surface area is 71.3 Å². The molecular weight excluding hydrogens is 160 g/mol. The fourth-order valence-corrected chi connectivity index (χ4v) is 0.953. The summed E-state index contributed by atoms with van der Waals surface area (Å²) in [6, 6.07) is 5.60. The molecule has 58 valence electrons. The van der Waals surface area contributed by atoms with Crippen LogP contribution >= 0.6 is 11.6 Å². The minimum absolute atomic E-state index is 0.607. The lowest BCUT2D eigenvalue weighted by Crippen LogP contribution is -1.82. The molecule has 0 saturated heterocycles. The van der Waals surface area contributed by atoms with Crippen LogP contribution in [0.2, 0.25) is 5.02 Å². The van der Waals surface area contributed by atoms with Crippen molar-refractivity contribution < 1.29 is 4.74 Å². The van der Waals surface area contributed by atoms with Crippen molar-refractivity contribution in [1.29, 1.82) is 0 Å². The molecule has 0 fully saturated rings. The van der Waals surface area contributed by atoms with Crippen LogP contribution in [-0.4, -0.2) is 0 Å². The lowest BCUT2D eigenvalue weighted by Gasteiger charge is -2.02. The van der Waals surface area contributed by atoms with Crippen LogP contribution in [0, 0.1) is 6.92 Å². The third kappa shape index (κ3) is 1.99. The normalized spacial score (nSPS) is 9.27. The molecule has 0 radical (unpaired) electrons. The molecule has 0 unspecified atom stereocenters. The van der Waals surface area contributed by atoms with Crippen LogP contribution in [0.5, 0.6) is 5.75 Å². The van der Waals surface area contributed by atoms with E-state index in [-0.39, 0.29) is 0 Å². The summed E-state index contributed by atoms with van der Waals surface area (Å²) in [4.78, 5) is 0. The second kappa shape index (κ2) is 3.44. The molecule has 2 heteroatoms. The van der Waals surface area contributed by atoms with Crippen molar-refractivity contribution in [2.45, 2.75) is 6.92 Å². The zero-order valence-corrected chi connectivity index (χ0v) is 7.06. The molecule has 0 aliphatic heterocycles. The second-order valence-corrected chi connectivity index (χ2v) is 2.63. The van der Waals surface area contributed by atoms with Crippen LogP contribution in [0.4, 0.5) is 0 Å². The molecule has 0 saturated carbocycles. The summed E-state index contributed by atoms with van der Waals surface area (Å²) in [6.45, 7) is 5.42. The summed E-state index contributed by atoms with van der Waals surface area (Å²) in [5, 5.41) is 0.607. The summed E-state index contributed by atoms with van der Waals surface area (Å²) < 4.78 is 5.05. The maximum atomic E-state index is 5.80. The van der Waals surface area contributed by atoms with Crippen LogP contribution in [-0.2, 0) is 0 Å². The van der Waals surface area contributed by atoms with Crippen LogP contribution in [0.25, 0.3) is 0 Å². The highest BCUT2D eigenvalue weighted by Gasteiger charge is 1.98.